The topological polar surface area (TPSA) is 70.2 Å². The van der Waals surface area contributed by atoms with Gasteiger partial charge in [0, 0.05) is 18.5 Å². The van der Waals surface area contributed by atoms with E-state index >= 15 is 0 Å². The molecule has 1 aromatic heterocycles. The molecule has 0 fully saturated rings. The van der Waals surface area contributed by atoms with E-state index in [1.807, 2.05) is 7.05 Å². The third kappa shape index (κ3) is 2.52. The van der Waals surface area contributed by atoms with Crippen LogP contribution in [-0.2, 0) is 7.05 Å². The molecule has 0 saturated carbocycles. The van der Waals surface area contributed by atoms with Gasteiger partial charge >= 0.3 is 0 Å². The maximum Gasteiger partial charge on any atom is 0.272 e. The van der Waals surface area contributed by atoms with Crippen LogP contribution in [-0.4, -0.2) is 14.7 Å². The smallest absolute Gasteiger partial charge is 0.272 e. The van der Waals surface area contributed by atoms with Crippen LogP contribution in [0, 0.1) is 15.9 Å². The van der Waals surface area contributed by atoms with Crippen molar-refractivity contribution in [1.29, 1.82) is 0 Å². The summed E-state index contributed by atoms with van der Waals surface area (Å²) in [5.74, 6) is -0.491. The van der Waals surface area contributed by atoms with Gasteiger partial charge in [0.25, 0.3) is 5.69 Å². The Morgan fingerprint density at radius 2 is 2.09 bits per heavy atom. The van der Waals surface area contributed by atoms with Crippen molar-refractivity contribution in [3.05, 3.63) is 56.9 Å². The highest BCUT2D eigenvalue weighted by atomic mass is 79.9. The summed E-state index contributed by atoms with van der Waals surface area (Å²) in [6.07, 6.45) is 1.67. The summed E-state index contributed by atoms with van der Waals surface area (Å²) in [7, 11) is 1.81. The van der Waals surface area contributed by atoms with E-state index in [2.05, 4.69) is 21.0 Å². The number of fused-ring (bicyclic) bond motifs is 1. The maximum atomic E-state index is 13.9. The van der Waals surface area contributed by atoms with Crippen LogP contribution in [0.4, 0.5) is 10.1 Å². The molecular formula is C14H9BrFN3O3. The molecule has 3 rings (SSSR count). The molecule has 0 bridgehead atoms. The SMILES string of the molecule is Cn1ncc2cc(Oc3ccc([N+](=O)[O-])cc3F)c(Br)cc21. The first-order chi connectivity index (χ1) is 10.5. The second kappa shape index (κ2) is 5.38. The summed E-state index contributed by atoms with van der Waals surface area (Å²) >= 11 is 3.36. The number of nitro groups is 1. The van der Waals surface area contributed by atoms with Gasteiger partial charge in [-0.2, -0.15) is 5.10 Å². The Balaban J connectivity index is 1.99. The third-order valence-electron chi connectivity index (χ3n) is 3.15. The van der Waals surface area contributed by atoms with Crippen LogP contribution >= 0.6 is 15.9 Å². The minimum Gasteiger partial charge on any atom is -0.453 e. The molecule has 2 aromatic carbocycles. The second-order valence-electron chi connectivity index (χ2n) is 4.58. The lowest BCUT2D eigenvalue weighted by molar-refractivity contribution is -0.385. The van der Waals surface area contributed by atoms with E-state index in [1.165, 1.54) is 12.1 Å². The average molecular weight is 366 g/mol. The van der Waals surface area contributed by atoms with Crippen LogP contribution in [0.2, 0.25) is 0 Å². The van der Waals surface area contributed by atoms with Gasteiger partial charge in [-0.15, -0.1) is 0 Å². The van der Waals surface area contributed by atoms with Crippen LogP contribution in [0.3, 0.4) is 0 Å². The number of halogens is 2. The fourth-order valence-electron chi connectivity index (χ4n) is 2.04. The zero-order valence-electron chi connectivity index (χ0n) is 11.3. The van der Waals surface area contributed by atoms with E-state index in [0.717, 1.165) is 17.0 Å². The van der Waals surface area contributed by atoms with Gasteiger partial charge in [0.1, 0.15) is 5.75 Å². The van der Waals surface area contributed by atoms with Gasteiger partial charge in [-0.1, -0.05) is 0 Å². The van der Waals surface area contributed by atoms with E-state index in [1.54, 1.807) is 23.0 Å². The van der Waals surface area contributed by atoms with Crippen molar-refractivity contribution in [3.63, 3.8) is 0 Å². The van der Waals surface area contributed by atoms with Crippen molar-refractivity contribution in [2.24, 2.45) is 7.05 Å². The van der Waals surface area contributed by atoms with Gasteiger partial charge in [0.2, 0.25) is 0 Å². The predicted molar refractivity (Wildman–Crippen MR) is 81.5 cm³/mol. The van der Waals surface area contributed by atoms with E-state index in [9.17, 15) is 14.5 Å². The van der Waals surface area contributed by atoms with Crippen molar-refractivity contribution >= 4 is 32.5 Å². The number of nitro benzene ring substituents is 1. The predicted octanol–water partition coefficient (Wildman–Crippen LogP) is 4.18. The van der Waals surface area contributed by atoms with Crippen molar-refractivity contribution in [3.8, 4) is 11.5 Å². The van der Waals surface area contributed by atoms with E-state index in [0.29, 0.717) is 10.2 Å². The number of hydrogen-bond donors (Lipinski definition) is 0. The third-order valence-corrected chi connectivity index (χ3v) is 3.77. The summed E-state index contributed by atoms with van der Waals surface area (Å²) in [6, 6.07) is 6.77. The number of benzene rings is 2. The Kier molecular flexibility index (Phi) is 3.53. The summed E-state index contributed by atoms with van der Waals surface area (Å²) in [4.78, 5) is 9.94. The lowest BCUT2D eigenvalue weighted by Gasteiger charge is -2.09. The molecule has 0 unspecified atom stereocenters. The number of aryl methyl sites for hydroxylation is 1. The van der Waals surface area contributed by atoms with Gasteiger partial charge in [0.15, 0.2) is 11.6 Å². The summed E-state index contributed by atoms with van der Waals surface area (Å²) in [5.41, 5.74) is 0.565. The molecule has 0 aliphatic heterocycles. The van der Waals surface area contributed by atoms with E-state index < -0.39 is 10.7 Å². The molecule has 0 aliphatic rings. The van der Waals surface area contributed by atoms with Crippen LogP contribution in [0.25, 0.3) is 10.9 Å². The highest BCUT2D eigenvalue weighted by Gasteiger charge is 2.14. The molecule has 1 heterocycles. The maximum absolute atomic E-state index is 13.9. The van der Waals surface area contributed by atoms with Gasteiger partial charge < -0.3 is 4.74 Å². The molecule has 0 atom stereocenters. The van der Waals surface area contributed by atoms with Gasteiger partial charge in [0.05, 0.1) is 27.2 Å². The van der Waals surface area contributed by atoms with E-state index in [4.69, 9.17) is 4.74 Å². The summed E-state index contributed by atoms with van der Waals surface area (Å²) < 4.78 is 21.7. The molecule has 0 N–H and O–H groups in total. The quantitative estimate of drug-likeness (QED) is 0.515. The molecule has 0 aliphatic carbocycles. The van der Waals surface area contributed by atoms with Crippen molar-refractivity contribution in [2.45, 2.75) is 0 Å². The Morgan fingerprint density at radius 3 is 2.77 bits per heavy atom. The zero-order valence-corrected chi connectivity index (χ0v) is 12.9. The van der Waals surface area contributed by atoms with Crippen molar-refractivity contribution in [2.75, 3.05) is 0 Å². The Bertz CT molecular complexity index is 894. The molecule has 112 valence electrons. The number of rotatable bonds is 3. The van der Waals surface area contributed by atoms with Crippen molar-refractivity contribution < 1.29 is 14.1 Å². The number of ether oxygens (including phenoxy) is 1. The molecular weight excluding hydrogens is 357 g/mol. The monoisotopic (exact) mass is 365 g/mol. The number of aromatic nitrogens is 2. The largest absolute Gasteiger partial charge is 0.453 e. The van der Waals surface area contributed by atoms with Gasteiger partial charge in [-0.05, 0) is 34.1 Å². The van der Waals surface area contributed by atoms with Crippen LogP contribution in [0.1, 0.15) is 0 Å². The summed E-state index contributed by atoms with van der Waals surface area (Å²) in [5, 5.41) is 15.6. The number of nitrogens with zero attached hydrogens (tertiary/aromatic N) is 3. The minimum absolute atomic E-state index is 0.0884. The first-order valence-corrected chi connectivity index (χ1v) is 6.98. The fourth-order valence-corrected chi connectivity index (χ4v) is 2.45. The molecule has 0 amide bonds. The Hall–Kier alpha value is -2.48. The van der Waals surface area contributed by atoms with E-state index in [-0.39, 0.29) is 11.4 Å². The van der Waals surface area contributed by atoms with Crippen LogP contribution in [0.15, 0.2) is 41.0 Å². The number of hydrogen-bond acceptors (Lipinski definition) is 4. The van der Waals surface area contributed by atoms with Crippen LogP contribution < -0.4 is 4.74 Å². The molecule has 3 aromatic rings. The zero-order chi connectivity index (χ0) is 15.9. The lowest BCUT2D eigenvalue weighted by atomic mass is 10.2. The normalized spacial score (nSPS) is 10.9. The average Bonchev–Trinajstić information content (AvgIpc) is 2.82. The molecule has 8 heteroatoms. The minimum atomic E-state index is -0.799. The molecule has 22 heavy (non-hydrogen) atoms. The van der Waals surface area contributed by atoms with Gasteiger partial charge in [-0.3, -0.25) is 14.8 Å². The molecule has 6 nitrogen and oxygen atoms in total. The second-order valence-corrected chi connectivity index (χ2v) is 5.44. The molecule has 0 radical (unpaired) electrons. The highest BCUT2D eigenvalue weighted by Crippen LogP contribution is 2.35. The standard InChI is InChI=1S/C14H9BrFN3O3/c1-18-12-6-10(15)14(4-8(12)7-17-18)22-13-3-2-9(19(20)21)5-11(13)16/h2-7H,1H3. The lowest BCUT2D eigenvalue weighted by Crippen LogP contribution is -1.93. The Morgan fingerprint density at radius 1 is 1.32 bits per heavy atom. The number of non-ortho nitro benzene ring substituents is 1. The van der Waals surface area contributed by atoms with Crippen LogP contribution in [0.5, 0.6) is 11.5 Å². The fraction of sp³-hybridized carbons (Fsp3) is 0.0714. The Labute approximate surface area is 132 Å². The molecule has 0 saturated heterocycles. The summed E-state index contributed by atoms with van der Waals surface area (Å²) in [6.45, 7) is 0. The first kappa shape index (κ1) is 14.5. The highest BCUT2D eigenvalue weighted by molar-refractivity contribution is 9.10. The van der Waals surface area contributed by atoms with Gasteiger partial charge in [-0.25, -0.2) is 4.39 Å². The van der Waals surface area contributed by atoms with Crippen molar-refractivity contribution in [1.82, 2.24) is 9.78 Å². The first-order valence-electron chi connectivity index (χ1n) is 6.19. The molecule has 0 spiro atoms.